The zero-order valence-corrected chi connectivity index (χ0v) is 70.2. The number of hydrogen-bond donors (Lipinski definition) is 0. The summed E-state index contributed by atoms with van der Waals surface area (Å²) in [6, 6.07) is 60.4. The second kappa shape index (κ2) is 34.1. The number of pyridine rings is 3. The molecular formula is C103H117FN7+5. The summed E-state index contributed by atoms with van der Waals surface area (Å²) in [5.74, 6) is -2.41. The van der Waals surface area contributed by atoms with Crippen LogP contribution in [0.3, 0.4) is 0 Å². The Morgan fingerprint density at radius 2 is 0.676 bits per heavy atom. The van der Waals surface area contributed by atoms with Gasteiger partial charge in [0, 0.05) is 38.9 Å². The predicted octanol–water partition coefficient (Wildman–Crippen LogP) is 23.7. The Kier molecular flexibility index (Phi) is 22.0. The molecule has 7 nitrogen and oxygen atoms in total. The average Bonchev–Trinajstić information content (AvgIpc) is 0.768. The lowest BCUT2D eigenvalue weighted by atomic mass is 9.93. The predicted molar refractivity (Wildman–Crippen MR) is 466 cm³/mol. The van der Waals surface area contributed by atoms with Gasteiger partial charge in [-0.05, 0) is 305 Å². The van der Waals surface area contributed by atoms with Gasteiger partial charge in [0.15, 0.2) is 29.6 Å². The molecule has 0 aliphatic rings. The van der Waals surface area contributed by atoms with Crippen LogP contribution < -0.4 is 22.8 Å². The molecule has 0 radical (unpaired) electrons. The molecule has 566 valence electrons. The number of nitrogens with zero attached hydrogens (tertiary/aromatic N) is 7. The minimum absolute atomic E-state index is 0.0686. The maximum Gasteiger partial charge on any atom is 0.287 e. The Bertz CT molecular complexity index is 6410. The maximum absolute atomic E-state index is 14.1. The standard InChI is InChI=1S/C23H28N.2C22H26N.C18H18FN2.C18H19N2/c1-15(2)11-19-7-8-21-20(14-19)9-10-24(6)23(21)22-13-16(3)12-17(4)18(22)5;2*1-14(2)18-7-8-20-19(13-18)9-10-23(6)22(20)21-12-15(3)11-16(4)17(21)5;1-11-9-15(12(2)13(3)17(11)19)18-14-7-5-6-8-16(14)20-10-21(18)4;1-12-9-13(2)14(3)16(10-12)18-15-7-5-6-8-17(15)19-11-20(18)4/h7-10,12-15H,11H2,1-6H3;2*7-14H,1-6H3;5-10H,1-4H3;5-11H,1-4H3/q5*+1/i11D2;1D3,14D;14D;;. The molecule has 0 fully saturated rings. The fraction of sp³-hybridized carbons (Fsp3) is 0.291. The highest BCUT2D eigenvalue weighted by Crippen LogP contribution is 2.38. The fourth-order valence-electron chi connectivity index (χ4n) is 15.6. The van der Waals surface area contributed by atoms with Gasteiger partial charge in [-0.15, -0.1) is 0 Å². The van der Waals surface area contributed by atoms with Crippen molar-refractivity contribution in [2.75, 3.05) is 0 Å². The van der Waals surface area contributed by atoms with Crippen LogP contribution >= 0.6 is 0 Å². The molecule has 0 spiro atoms. The number of halogens is 1. The van der Waals surface area contributed by atoms with E-state index in [0.717, 1.165) is 71.6 Å². The lowest BCUT2D eigenvalue weighted by molar-refractivity contribution is -0.662. The van der Waals surface area contributed by atoms with Gasteiger partial charge < -0.3 is 0 Å². The van der Waals surface area contributed by atoms with Crippen molar-refractivity contribution in [3.8, 4) is 56.3 Å². The SMILES string of the molecule is Cc1cc(-c2c3ccccc3nc[n+]2C)c(C)c(C)c1F.Cc1cc(C)c(C)c(-c2c3ccccc3nc[n+]2C)c1.[2H]C(C)(C)c1ccc2c(-c3cc(C)cc(C)c3C)[n+](C)ccc2c1.[2H]C([2H])([2H])C([2H])(C)c1ccc2c(-c3cc(C)cc(C)c3C)[n+](C)ccc2c1.[2H]C([2H])(c1ccc2c(-c3cc(C)cc(C)c3C)[n+](C)ccc2c1)C(C)C. The molecule has 10 aromatic carbocycles. The van der Waals surface area contributed by atoms with Crippen LogP contribution in [0.25, 0.3) is 110 Å². The first kappa shape index (κ1) is 71.6. The van der Waals surface area contributed by atoms with Crippen molar-refractivity contribution in [2.24, 2.45) is 41.2 Å². The number of aryl methyl sites for hydroxylation is 14. The Balaban J connectivity index is 0.000000145. The lowest BCUT2D eigenvalue weighted by Gasteiger charge is -2.13. The van der Waals surface area contributed by atoms with Crippen molar-refractivity contribution < 1.29 is 36.8 Å². The molecule has 8 heteroatoms. The van der Waals surface area contributed by atoms with Gasteiger partial charge in [-0.25, -0.2) is 27.2 Å². The van der Waals surface area contributed by atoms with Crippen molar-refractivity contribution >= 4 is 54.1 Å². The number of hydrogen-bond acceptors (Lipinski definition) is 2. The zero-order valence-electron chi connectivity index (χ0n) is 77.2. The van der Waals surface area contributed by atoms with Crippen LogP contribution in [0.2, 0.25) is 0 Å². The molecule has 1 atom stereocenters. The average molecular weight is 1480 g/mol. The number of aromatic nitrogens is 7. The summed E-state index contributed by atoms with van der Waals surface area (Å²) in [7, 11) is 10.2. The third-order valence-electron chi connectivity index (χ3n) is 22.2. The second-order valence-corrected chi connectivity index (χ2v) is 31.4. The molecule has 0 saturated carbocycles. The van der Waals surface area contributed by atoms with Gasteiger partial charge in [-0.3, -0.25) is 0 Å². The Morgan fingerprint density at radius 1 is 0.342 bits per heavy atom. The molecule has 0 amide bonds. The molecule has 0 N–H and O–H groups in total. The highest BCUT2D eigenvalue weighted by molar-refractivity contribution is 5.97. The quantitative estimate of drug-likeness (QED) is 0.135. The van der Waals surface area contributed by atoms with Gasteiger partial charge in [0.25, 0.3) is 12.7 Å². The van der Waals surface area contributed by atoms with Gasteiger partial charge >= 0.3 is 0 Å². The summed E-state index contributed by atoms with van der Waals surface area (Å²) >= 11 is 0. The highest BCUT2D eigenvalue weighted by atomic mass is 19.1. The van der Waals surface area contributed by atoms with Gasteiger partial charge in [-0.2, -0.15) is 0 Å². The molecule has 5 heterocycles. The molecule has 0 saturated heterocycles. The van der Waals surface area contributed by atoms with Crippen LogP contribution in [-0.2, 0) is 41.6 Å². The molecular weight excluding hydrogens is 1350 g/mol. The molecule has 15 rings (SSSR count). The van der Waals surface area contributed by atoms with E-state index in [1.807, 2.05) is 147 Å². The minimum atomic E-state index is -2.38. The molecule has 0 bridgehead atoms. The van der Waals surface area contributed by atoms with Crippen LogP contribution in [0.15, 0.2) is 207 Å². The van der Waals surface area contributed by atoms with Gasteiger partial charge in [-0.1, -0.05) is 149 Å². The lowest BCUT2D eigenvalue weighted by Crippen LogP contribution is -2.32. The van der Waals surface area contributed by atoms with Crippen molar-refractivity contribution in [3.05, 3.63) is 313 Å². The molecule has 0 aliphatic carbocycles. The largest absolute Gasteiger partial charge is 0.287 e. The van der Waals surface area contributed by atoms with Crippen molar-refractivity contribution in [3.63, 3.8) is 0 Å². The molecule has 5 aromatic heterocycles. The van der Waals surface area contributed by atoms with Crippen molar-refractivity contribution in [1.29, 1.82) is 0 Å². The summed E-state index contributed by atoms with van der Waals surface area (Å²) in [6.07, 6.45) is 8.57. The van der Waals surface area contributed by atoms with E-state index in [2.05, 4.69) is 254 Å². The Labute approximate surface area is 671 Å². The van der Waals surface area contributed by atoms with Crippen LogP contribution in [0, 0.1) is 116 Å². The number of para-hydroxylation sites is 2. The van der Waals surface area contributed by atoms with Crippen LogP contribution in [-0.4, -0.2) is 9.97 Å². The van der Waals surface area contributed by atoms with E-state index in [-0.39, 0.29) is 11.7 Å². The topological polar surface area (TPSA) is 45.2 Å². The highest BCUT2D eigenvalue weighted by Gasteiger charge is 2.25. The van der Waals surface area contributed by atoms with Crippen molar-refractivity contribution in [1.82, 2.24) is 9.97 Å². The van der Waals surface area contributed by atoms with Crippen molar-refractivity contribution in [2.45, 2.75) is 163 Å². The summed E-state index contributed by atoms with van der Waals surface area (Å²) in [5.41, 5.74) is 34.0. The van der Waals surface area contributed by atoms with E-state index >= 15 is 0 Å². The second-order valence-electron chi connectivity index (χ2n) is 31.4. The first-order valence-corrected chi connectivity index (χ1v) is 38.7. The van der Waals surface area contributed by atoms with Crippen LogP contribution in [0.1, 0.15) is 163 Å². The molecule has 111 heavy (non-hydrogen) atoms. The smallest absolute Gasteiger partial charge is 0.232 e. The zero-order chi connectivity index (χ0) is 86.4. The maximum atomic E-state index is 14.1. The summed E-state index contributed by atoms with van der Waals surface area (Å²) < 4.78 is 81.3. The molecule has 1 unspecified atom stereocenters. The summed E-state index contributed by atoms with van der Waals surface area (Å²) in [5, 5.41) is 8.95. The van der Waals surface area contributed by atoms with Crippen LogP contribution in [0.5, 0.6) is 0 Å². The van der Waals surface area contributed by atoms with Gasteiger partial charge in [0.05, 0.1) is 57.7 Å². The van der Waals surface area contributed by atoms with Crippen LogP contribution in [0.4, 0.5) is 4.39 Å². The first-order chi connectivity index (χ1) is 55.3. The van der Waals surface area contributed by atoms with Gasteiger partial charge in [0.2, 0.25) is 17.1 Å². The Hall–Kier alpha value is -11.0. The Morgan fingerprint density at radius 3 is 1.04 bits per heavy atom. The number of benzene rings is 10. The number of rotatable bonds is 9. The third-order valence-corrected chi connectivity index (χ3v) is 22.2. The number of fused-ring (bicyclic) bond motifs is 5. The van der Waals surface area contributed by atoms with E-state index in [9.17, 15) is 4.39 Å². The summed E-state index contributed by atoms with van der Waals surface area (Å²) in [6.45, 7) is 38.3. The monoisotopic (exact) mass is 1480 g/mol. The van der Waals surface area contributed by atoms with E-state index in [1.165, 1.54) is 129 Å². The first-order valence-electron chi connectivity index (χ1n) is 42.2. The van der Waals surface area contributed by atoms with E-state index in [1.54, 1.807) is 6.07 Å². The fourth-order valence-corrected chi connectivity index (χ4v) is 15.6. The van der Waals surface area contributed by atoms with E-state index in [4.69, 9.17) is 9.60 Å². The third kappa shape index (κ3) is 17.5. The normalized spacial score (nSPS) is 13.1. The minimum Gasteiger partial charge on any atom is -0.232 e. The summed E-state index contributed by atoms with van der Waals surface area (Å²) in [4.78, 5) is 8.95. The molecule has 0 aliphatic heterocycles. The van der Waals surface area contributed by atoms with E-state index < -0.39 is 25.0 Å². The van der Waals surface area contributed by atoms with E-state index in [0.29, 0.717) is 16.7 Å². The van der Waals surface area contributed by atoms with Gasteiger partial charge in [0.1, 0.15) is 38.3 Å². The molecule has 15 aromatic rings.